The summed E-state index contributed by atoms with van der Waals surface area (Å²) in [5.41, 5.74) is 2.47. The molecule has 0 atom stereocenters. The fraction of sp³-hybridized carbons (Fsp3) is 0.522. The number of aromatic nitrogens is 4. The molecule has 8 nitrogen and oxygen atoms in total. The first-order valence-corrected chi connectivity index (χ1v) is 11.8. The highest BCUT2D eigenvalue weighted by molar-refractivity contribution is 6.30. The van der Waals surface area contributed by atoms with Gasteiger partial charge in [-0.3, -0.25) is 4.57 Å². The molecule has 0 amide bonds. The number of benzene rings is 1. The van der Waals surface area contributed by atoms with Gasteiger partial charge in [0.25, 0.3) is 0 Å². The van der Waals surface area contributed by atoms with Crippen LogP contribution in [0.5, 0.6) is 0 Å². The van der Waals surface area contributed by atoms with E-state index < -0.39 is 0 Å². The number of anilines is 3. The van der Waals surface area contributed by atoms with Gasteiger partial charge in [-0.25, -0.2) is 9.97 Å². The summed E-state index contributed by atoms with van der Waals surface area (Å²) in [6.07, 6.45) is 7.65. The summed E-state index contributed by atoms with van der Waals surface area (Å²) in [6.45, 7) is 1.78. The minimum absolute atomic E-state index is 0.256. The molecular formula is C23H29ClN6O2. The molecule has 2 aromatic heterocycles. The highest BCUT2D eigenvalue weighted by atomic mass is 35.5. The van der Waals surface area contributed by atoms with E-state index in [4.69, 9.17) is 26.3 Å². The monoisotopic (exact) mass is 456 g/mol. The molecule has 1 saturated carbocycles. The maximum atomic E-state index is 9.57. The Hall–Kier alpha value is -2.42. The molecule has 0 spiro atoms. The van der Waals surface area contributed by atoms with Crippen LogP contribution in [-0.2, 0) is 4.74 Å². The lowest BCUT2D eigenvalue weighted by atomic mass is 9.86. The van der Waals surface area contributed by atoms with Crippen LogP contribution in [0.4, 0.5) is 17.6 Å². The molecule has 0 unspecified atom stereocenters. The number of ether oxygens (including phenoxy) is 1. The first-order valence-electron chi connectivity index (χ1n) is 11.4. The molecule has 0 bridgehead atoms. The Labute approximate surface area is 192 Å². The molecule has 2 aliphatic rings. The van der Waals surface area contributed by atoms with Crippen molar-refractivity contribution in [1.82, 2.24) is 19.5 Å². The Balaban J connectivity index is 1.49. The third-order valence-corrected chi connectivity index (χ3v) is 6.74. The van der Waals surface area contributed by atoms with Crippen LogP contribution in [0.15, 0.2) is 30.5 Å². The zero-order chi connectivity index (χ0) is 21.9. The van der Waals surface area contributed by atoms with Gasteiger partial charge < -0.3 is 20.5 Å². The van der Waals surface area contributed by atoms with Crippen molar-refractivity contribution in [3.63, 3.8) is 0 Å². The molecule has 5 rings (SSSR count). The summed E-state index contributed by atoms with van der Waals surface area (Å²) in [6, 6.07) is 8.21. The molecule has 1 saturated heterocycles. The van der Waals surface area contributed by atoms with Crippen LogP contribution < -0.4 is 10.6 Å². The second-order valence-corrected chi connectivity index (χ2v) is 9.17. The Morgan fingerprint density at radius 3 is 2.66 bits per heavy atom. The predicted molar refractivity (Wildman–Crippen MR) is 126 cm³/mol. The largest absolute Gasteiger partial charge is 0.396 e. The average molecular weight is 457 g/mol. The van der Waals surface area contributed by atoms with Crippen molar-refractivity contribution in [3.8, 4) is 0 Å². The summed E-state index contributed by atoms with van der Waals surface area (Å²) < 4.78 is 7.67. The summed E-state index contributed by atoms with van der Waals surface area (Å²) in [5, 5.41) is 17.1. The molecule has 0 radical (unpaired) electrons. The summed E-state index contributed by atoms with van der Waals surface area (Å²) in [4.78, 5) is 14.2. The van der Waals surface area contributed by atoms with Gasteiger partial charge in [-0.15, -0.1) is 0 Å². The second kappa shape index (κ2) is 9.60. The molecule has 1 aliphatic heterocycles. The number of halogens is 1. The molecule has 2 fully saturated rings. The number of fused-ring (bicyclic) bond motifs is 1. The number of nitrogens with one attached hydrogen (secondary N) is 2. The number of rotatable bonds is 6. The molecule has 32 heavy (non-hydrogen) atoms. The molecule has 170 valence electrons. The van der Waals surface area contributed by atoms with Crippen LogP contribution in [-0.4, -0.2) is 50.5 Å². The maximum Gasteiger partial charge on any atom is 0.224 e. The average Bonchev–Trinajstić information content (AvgIpc) is 3.17. The fourth-order valence-corrected chi connectivity index (χ4v) is 4.89. The van der Waals surface area contributed by atoms with Crippen molar-refractivity contribution in [2.45, 2.75) is 50.6 Å². The predicted octanol–water partition coefficient (Wildman–Crippen LogP) is 4.54. The third-order valence-electron chi connectivity index (χ3n) is 6.51. The second-order valence-electron chi connectivity index (χ2n) is 8.73. The van der Waals surface area contributed by atoms with Crippen molar-refractivity contribution in [2.75, 3.05) is 30.5 Å². The topological polar surface area (TPSA) is 97.1 Å². The minimum atomic E-state index is 0.256. The molecule has 1 aromatic carbocycles. The number of nitrogens with zero attached hydrogens (tertiary/aromatic N) is 4. The number of aliphatic hydroxyl groups is 1. The van der Waals surface area contributed by atoms with Crippen molar-refractivity contribution < 1.29 is 9.84 Å². The van der Waals surface area contributed by atoms with E-state index in [9.17, 15) is 5.11 Å². The Morgan fingerprint density at radius 1 is 1.09 bits per heavy atom. The Bertz CT molecular complexity index is 1060. The van der Waals surface area contributed by atoms with Crippen molar-refractivity contribution in [2.24, 2.45) is 5.92 Å². The van der Waals surface area contributed by atoms with Gasteiger partial charge in [0.1, 0.15) is 5.52 Å². The van der Waals surface area contributed by atoms with Crippen LogP contribution in [0, 0.1) is 5.92 Å². The smallest absolute Gasteiger partial charge is 0.224 e. The molecule has 3 heterocycles. The van der Waals surface area contributed by atoms with E-state index in [2.05, 4.69) is 20.2 Å². The van der Waals surface area contributed by atoms with Gasteiger partial charge in [-0.05, 0) is 62.6 Å². The standard InChI is InChI=1S/C23H29ClN6O2/c24-16-2-1-3-18(12-16)27-23-28-20-13-25-22(26-17-8-10-32-11-9-17)29-21(20)30(23)19-6-4-15(14-31)5-7-19/h1-3,12-13,15,17,19,31H,4-11,14H2,(H,27,28)(H,25,26,29)/t15-,19-. The maximum absolute atomic E-state index is 9.57. The number of hydrogen-bond donors (Lipinski definition) is 3. The number of aliphatic hydroxyl groups excluding tert-OH is 1. The molecule has 3 aromatic rings. The van der Waals surface area contributed by atoms with Crippen LogP contribution in [0.25, 0.3) is 11.2 Å². The lowest BCUT2D eigenvalue weighted by molar-refractivity contribution is 0.0903. The number of imidazole rings is 1. The van der Waals surface area contributed by atoms with E-state index >= 15 is 0 Å². The Kier molecular flexibility index (Phi) is 6.43. The normalized spacial score (nSPS) is 22.2. The summed E-state index contributed by atoms with van der Waals surface area (Å²) >= 11 is 6.19. The van der Waals surface area contributed by atoms with Crippen LogP contribution in [0.2, 0.25) is 5.02 Å². The quantitative estimate of drug-likeness (QED) is 0.501. The first-order chi connectivity index (χ1) is 15.7. The van der Waals surface area contributed by atoms with E-state index in [0.29, 0.717) is 22.9 Å². The van der Waals surface area contributed by atoms with E-state index in [1.807, 2.05) is 24.3 Å². The summed E-state index contributed by atoms with van der Waals surface area (Å²) in [7, 11) is 0. The van der Waals surface area contributed by atoms with E-state index in [-0.39, 0.29) is 12.6 Å². The highest BCUT2D eigenvalue weighted by Gasteiger charge is 2.27. The van der Waals surface area contributed by atoms with Gasteiger partial charge in [-0.1, -0.05) is 17.7 Å². The molecule has 3 N–H and O–H groups in total. The van der Waals surface area contributed by atoms with Crippen LogP contribution in [0.3, 0.4) is 0 Å². The van der Waals surface area contributed by atoms with Gasteiger partial charge in [0.15, 0.2) is 5.65 Å². The van der Waals surface area contributed by atoms with E-state index in [0.717, 1.165) is 74.5 Å². The van der Waals surface area contributed by atoms with Gasteiger partial charge in [0.2, 0.25) is 11.9 Å². The Morgan fingerprint density at radius 2 is 1.91 bits per heavy atom. The minimum Gasteiger partial charge on any atom is -0.396 e. The van der Waals surface area contributed by atoms with Crippen LogP contribution >= 0.6 is 11.6 Å². The zero-order valence-corrected chi connectivity index (χ0v) is 18.8. The highest BCUT2D eigenvalue weighted by Crippen LogP contribution is 2.37. The first kappa shape index (κ1) is 21.4. The van der Waals surface area contributed by atoms with Crippen LogP contribution in [0.1, 0.15) is 44.6 Å². The lowest BCUT2D eigenvalue weighted by Crippen LogP contribution is -2.28. The lowest BCUT2D eigenvalue weighted by Gasteiger charge is -2.29. The van der Waals surface area contributed by atoms with Gasteiger partial charge in [0.05, 0.1) is 6.20 Å². The van der Waals surface area contributed by atoms with Gasteiger partial charge in [-0.2, -0.15) is 4.98 Å². The third kappa shape index (κ3) is 4.67. The fourth-order valence-electron chi connectivity index (χ4n) is 4.70. The van der Waals surface area contributed by atoms with E-state index in [1.165, 1.54) is 0 Å². The number of hydrogen-bond acceptors (Lipinski definition) is 7. The summed E-state index contributed by atoms with van der Waals surface area (Å²) in [5.74, 6) is 1.75. The zero-order valence-electron chi connectivity index (χ0n) is 18.0. The van der Waals surface area contributed by atoms with Gasteiger partial charge in [0, 0.05) is 42.6 Å². The SMILES string of the molecule is OC[C@H]1CC[C@H](n2c(Nc3cccc(Cl)c3)nc3cnc(NC4CCOCC4)nc32)CC1. The van der Waals surface area contributed by atoms with Crippen molar-refractivity contribution >= 4 is 40.3 Å². The van der Waals surface area contributed by atoms with E-state index in [1.54, 1.807) is 6.20 Å². The molecular weight excluding hydrogens is 428 g/mol. The van der Waals surface area contributed by atoms with Crippen molar-refractivity contribution in [3.05, 3.63) is 35.5 Å². The molecule has 1 aliphatic carbocycles. The molecule has 9 heteroatoms. The van der Waals surface area contributed by atoms with Gasteiger partial charge >= 0.3 is 0 Å². The van der Waals surface area contributed by atoms with Crippen molar-refractivity contribution in [1.29, 1.82) is 0 Å².